The van der Waals surface area contributed by atoms with Crippen molar-refractivity contribution in [2.24, 2.45) is 11.8 Å². The minimum atomic E-state index is -4.60. The van der Waals surface area contributed by atoms with Gasteiger partial charge in [-0.25, -0.2) is 4.98 Å². The van der Waals surface area contributed by atoms with Crippen LogP contribution < -0.4 is 4.72 Å². The van der Waals surface area contributed by atoms with Crippen LogP contribution in [0, 0.1) is 11.8 Å². The number of hydrogen-bond acceptors (Lipinski definition) is 4. The number of nitrogens with one attached hydrogen (secondary N) is 1. The van der Waals surface area contributed by atoms with Gasteiger partial charge in [0.15, 0.2) is 5.76 Å². The lowest BCUT2D eigenvalue weighted by Gasteiger charge is -2.33. The van der Waals surface area contributed by atoms with Crippen LogP contribution >= 0.6 is 23.2 Å². The summed E-state index contributed by atoms with van der Waals surface area (Å²) in [5.41, 5.74) is 2.60. The number of oxazole rings is 1. The largest absolute Gasteiger partial charge is 0.436 e. The molecule has 2 aromatic carbocycles. The van der Waals surface area contributed by atoms with E-state index < -0.39 is 28.5 Å². The summed E-state index contributed by atoms with van der Waals surface area (Å²) in [6.07, 6.45) is -0.360. The average Bonchev–Trinajstić information content (AvgIpc) is 3.42. The molecule has 1 saturated heterocycles. The maximum atomic E-state index is 13.1. The van der Waals surface area contributed by atoms with Crippen molar-refractivity contribution in [3.8, 4) is 22.8 Å². The molecule has 37 heavy (non-hydrogen) atoms. The van der Waals surface area contributed by atoms with Gasteiger partial charge in [-0.3, -0.25) is 0 Å². The van der Waals surface area contributed by atoms with E-state index in [0.717, 1.165) is 29.5 Å². The molecule has 1 aliphatic heterocycles. The van der Waals surface area contributed by atoms with E-state index >= 15 is 0 Å². The van der Waals surface area contributed by atoms with Gasteiger partial charge < -0.3 is 4.42 Å². The van der Waals surface area contributed by atoms with E-state index in [0.29, 0.717) is 44.4 Å². The first kappa shape index (κ1) is 25.2. The Bertz CT molecular complexity index is 1490. The third kappa shape index (κ3) is 4.46. The highest BCUT2D eigenvalue weighted by Crippen LogP contribution is 2.51. The van der Waals surface area contributed by atoms with E-state index in [1.807, 2.05) is 18.2 Å². The molecule has 1 spiro atoms. The molecule has 3 aromatic rings. The van der Waals surface area contributed by atoms with Gasteiger partial charge in [0.05, 0.1) is 16.8 Å². The second-order valence-corrected chi connectivity index (χ2v) is 12.6. The molecule has 3 unspecified atom stereocenters. The van der Waals surface area contributed by atoms with Crippen LogP contribution in [0.15, 0.2) is 47.0 Å². The summed E-state index contributed by atoms with van der Waals surface area (Å²) in [5, 5.41) is 0.953. The normalized spacial score (nSPS) is 26.9. The lowest BCUT2D eigenvalue weighted by atomic mass is 9.79. The van der Waals surface area contributed by atoms with Crippen molar-refractivity contribution < 1.29 is 26.0 Å². The van der Waals surface area contributed by atoms with Gasteiger partial charge in [-0.05, 0) is 79.0 Å². The Labute approximate surface area is 222 Å². The van der Waals surface area contributed by atoms with Crippen molar-refractivity contribution in [3.63, 3.8) is 0 Å². The molecule has 1 saturated carbocycles. The summed E-state index contributed by atoms with van der Waals surface area (Å²) >= 11 is 12.3. The van der Waals surface area contributed by atoms with Crippen LogP contribution in [0.3, 0.4) is 0 Å². The van der Waals surface area contributed by atoms with Crippen molar-refractivity contribution in [2.45, 2.75) is 37.4 Å². The third-order valence-electron chi connectivity index (χ3n) is 7.86. The highest BCUT2D eigenvalue weighted by molar-refractivity contribution is 7.87. The van der Waals surface area contributed by atoms with Crippen molar-refractivity contribution >= 4 is 33.4 Å². The Morgan fingerprint density at radius 3 is 2.51 bits per heavy atom. The van der Waals surface area contributed by atoms with Crippen LogP contribution in [0.4, 0.5) is 13.2 Å². The van der Waals surface area contributed by atoms with Crippen LogP contribution in [0.25, 0.3) is 22.8 Å². The molecule has 3 aliphatic rings. The van der Waals surface area contributed by atoms with Gasteiger partial charge >= 0.3 is 6.18 Å². The Morgan fingerprint density at radius 2 is 1.81 bits per heavy atom. The van der Waals surface area contributed by atoms with E-state index in [-0.39, 0.29) is 18.4 Å². The zero-order valence-corrected chi connectivity index (χ0v) is 21.7. The topological polar surface area (TPSA) is 75.4 Å². The average molecular weight is 572 g/mol. The van der Waals surface area contributed by atoms with E-state index in [1.165, 1.54) is 0 Å². The van der Waals surface area contributed by atoms with Crippen LogP contribution in [-0.2, 0) is 23.1 Å². The molecule has 3 atom stereocenters. The summed E-state index contributed by atoms with van der Waals surface area (Å²) < 4.78 is 73.9. The molecule has 2 bridgehead atoms. The minimum absolute atomic E-state index is 0.0852. The highest BCUT2D eigenvalue weighted by atomic mass is 35.5. The number of fused-ring (bicyclic) bond motifs is 1. The molecule has 196 valence electrons. The maximum absolute atomic E-state index is 13.1. The van der Waals surface area contributed by atoms with E-state index in [1.54, 1.807) is 24.4 Å². The number of aromatic nitrogens is 1. The Kier molecular flexibility index (Phi) is 5.93. The van der Waals surface area contributed by atoms with Gasteiger partial charge in [0.2, 0.25) is 5.89 Å². The lowest BCUT2D eigenvalue weighted by molar-refractivity contribution is -0.136. The number of rotatable bonds is 3. The Morgan fingerprint density at radius 1 is 1.08 bits per heavy atom. The van der Waals surface area contributed by atoms with Gasteiger partial charge in [-0.1, -0.05) is 29.3 Å². The SMILES string of the molecule is O=S1(=O)NC2(CN1CC(F)(F)F)C1CCC2Cc2cc(-c3ncc(-c4ccc(Cl)cc4Cl)o3)ccc2C1. The third-order valence-corrected chi connectivity index (χ3v) is 9.99. The van der Waals surface area contributed by atoms with Crippen molar-refractivity contribution in [2.75, 3.05) is 13.1 Å². The molecule has 0 radical (unpaired) electrons. The fourth-order valence-corrected chi connectivity index (χ4v) is 8.41. The van der Waals surface area contributed by atoms with Gasteiger partial charge in [0.25, 0.3) is 10.2 Å². The fourth-order valence-electron chi connectivity index (χ4n) is 6.20. The number of halogens is 5. The molecule has 12 heteroatoms. The van der Waals surface area contributed by atoms with Gasteiger partial charge in [-0.2, -0.15) is 30.6 Å². The first-order valence-corrected chi connectivity index (χ1v) is 14.0. The van der Waals surface area contributed by atoms with Crippen LogP contribution in [0.5, 0.6) is 0 Å². The van der Waals surface area contributed by atoms with Crippen LogP contribution in [0.2, 0.25) is 10.0 Å². The molecule has 0 amide bonds. The number of hydrogen-bond donors (Lipinski definition) is 1. The number of benzene rings is 2. The minimum Gasteiger partial charge on any atom is -0.436 e. The van der Waals surface area contributed by atoms with Crippen LogP contribution in [0.1, 0.15) is 24.0 Å². The predicted molar refractivity (Wildman–Crippen MR) is 133 cm³/mol. The molecule has 1 N–H and O–H groups in total. The van der Waals surface area contributed by atoms with Crippen molar-refractivity contribution in [1.82, 2.24) is 14.0 Å². The monoisotopic (exact) mass is 571 g/mol. The smallest absolute Gasteiger partial charge is 0.402 e. The zero-order chi connectivity index (χ0) is 26.2. The van der Waals surface area contributed by atoms with E-state index in [2.05, 4.69) is 9.71 Å². The molecule has 2 heterocycles. The molecular weight excluding hydrogens is 550 g/mol. The summed E-state index contributed by atoms with van der Waals surface area (Å²) in [5.74, 6) is 0.702. The first-order valence-electron chi connectivity index (χ1n) is 11.8. The summed E-state index contributed by atoms with van der Waals surface area (Å²) in [6.45, 7) is -1.65. The molecule has 1 aromatic heterocycles. The van der Waals surface area contributed by atoms with E-state index in [9.17, 15) is 21.6 Å². The number of alkyl halides is 3. The van der Waals surface area contributed by atoms with Gasteiger partial charge in [0, 0.05) is 22.7 Å². The van der Waals surface area contributed by atoms with Gasteiger partial charge in [-0.15, -0.1) is 0 Å². The summed E-state index contributed by atoms with van der Waals surface area (Å²) in [6, 6.07) is 11.0. The second kappa shape index (κ2) is 8.71. The second-order valence-electron chi connectivity index (χ2n) is 10.0. The maximum Gasteiger partial charge on any atom is 0.402 e. The molecular formula is C25H22Cl2F3N3O3S. The summed E-state index contributed by atoms with van der Waals surface area (Å²) in [4.78, 5) is 4.42. The molecule has 6 nitrogen and oxygen atoms in total. The Balaban J connectivity index is 1.29. The Hall–Kier alpha value is -2.11. The predicted octanol–water partition coefficient (Wildman–Crippen LogP) is 5.89. The summed E-state index contributed by atoms with van der Waals surface area (Å²) in [7, 11) is -4.22. The molecule has 2 aliphatic carbocycles. The quantitative estimate of drug-likeness (QED) is 0.425. The van der Waals surface area contributed by atoms with Gasteiger partial charge in [0.1, 0.15) is 6.54 Å². The highest BCUT2D eigenvalue weighted by Gasteiger charge is 2.60. The zero-order valence-electron chi connectivity index (χ0n) is 19.4. The number of nitrogens with zero attached hydrogens (tertiary/aromatic N) is 2. The standard InChI is InChI=1S/C25H22Cl2F3N3O3S/c26-19-5-6-20(21(27)10-19)22-11-31-23(36-22)15-2-1-14-8-17-3-4-18(9-16(14)7-15)24(17)12-33(13-25(28,29)30)37(34,35)32-24/h1-2,5-7,10-11,17-18,32H,3-4,8-9,12-13H2. The lowest BCUT2D eigenvalue weighted by Crippen LogP contribution is -2.52. The molecule has 2 fully saturated rings. The molecule has 6 rings (SSSR count). The fraction of sp³-hybridized carbons (Fsp3) is 0.400. The van der Waals surface area contributed by atoms with Crippen LogP contribution in [-0.4, -0.2) is 42.5 Å². The van der Waals surface area contributed by atoms with Crippen molar-refractivity contribution in [3.05, 3.63) is 63.8 Å². The van der Waals surface area contributed by atoms with E-state index in [4.69, 9.17) is 27.6 Å². The van der Waals surface area contributed by atoms with Crippen molar-refractivity contribution in [1.29, 1.82) is 0 Å². The first-order chi connectivity index (χ1) is 17.4.